The first-order chi connectivity index (χ1) is 13.1. The third-order valence-electron chi connectivity index (χ3n) is 4.36. The molecule has 0 saturated heterocycles. The van der Waals surface area contributed by atoms with E-state index in [0.29, 0.717) is 22.0 Å². The van der Waals surface area contributed by atoms with E-state index >= 15 is 0 Å². The van der Waals surface area contributed by atoms with E-state index < -0.39 is 17.6 Å². The minimum absolute atomic E-state index is 0.0789. The minimum Gasteiger partial charge on any atom is -0.494 e. The molecule has 0 unspecified atom stereocenters. The molecular weight excluding hydrogens is 342 g/mol. The second-order valence-electron chi connectivity index (χ2n) is 6.17. The summed E-state index contributed by atoms with van der Waals surface area (Å²) in [7, 11) is 0. The van der Waals surface area contributed by atoms with Gasteiger partial charge in [0.05, 0.1) is 16.6 Å². The molecule has 0 bridgehead atoms. The monoisotopic (exact) mass is 357 g/mol. The summed E-state index contributed by atoms with van der Waals surface area (Å²) in [5.41, 5.74) is 2.09. The van der Waals surface area contributed by atoms with Crippen molar-refractivity contribution in [3.05, 3.63) is 89.5 Å². The molecule has 27 heavy (non-hydrogen) atoms. The lowest BCUT2D eigenvalue weighted by Gasteiger charge is -2.06. The summed E-state index contributed by atoms with van der Waals surface area (Å²) in [5.74, 6) is -1.24. The molecule has 3 aromatic heterocycles. The van der Waals surface area contributed by atoms with Gasteiger partial charge in [0.1, 0.15) is 0 Å². The molecule has 0 spiro atoms. The zero-order valence-corrected chi connectivity index (χ0v) is 14.5. The number of pyridine rings is 2. The van der Waals surface area contributed by atoms with E-state index in [0.717, 1.165) is 10.1 Å². The fourth-order valence-corrected chi connectivity index (χ4v) is 3.07. The van der Waals surface area contributed by atoms with E-state index in [2.05, 4.69) is 9.97 Å². The Morgan fingerprint density at radius 3 is 2.26 bits per heavy atom. The Labute approximate surface area is 154 Å². The Morgan fingerprint density at radius 2 is 1.63 bits per heavy atom. The number of aryl methyl sites for hydroxylation is 1. The number of hydrogen-bond donors (Lipinski definition) is 1. The average Bonchev–Trinajstić information content (AvgIpc) is 2.99. The van der Waals surface area contributed by atoms with Crippen LogP contribution in [0.1, 0.15) is 31.8 Å². The zero-order valence-electron chi connectivity index (χ0n) is 14.5. The number of carbonyl (C=O) groups is 2. The topological polar surface area (TPSA) is 85.1 Å². The molecule has 6 nitrogen and oxygen atoms in total. The van der Waals surface area contributed by atoms with Crippen LogP contribution in [0.3, 0.4) is 0 Å². The first-order valence-electron chi connectivity index (χ1n) is 8.31. The summed E-state index contributed by atoms with van der Waals surface area (Å²) in [6, 6.07) is 11.9. The highest BCUT2D eigenvalue weighted by atomic mass is 16.3. The third kappa shape index (κ3) is 2.77. The smallest absolute Gasteiger partial charge is 0.266 e. The molecule has 0 aliphatic rings. The highest BCUT2D eigenvalue weighted by molar-refractivity contribution is 6.20. The summed E-state index contributed by atoms with van der Waals surface area (Å²) in [6.45, 7) is 1.88. The number of nitrogens with zero attached hydrogens (tertiary/aromatic N) is 3. The van der Waals surface area contributed by atoms with Crippen molar-refractivity contribution >= 4 is 22.6 Å². The predicted octanol–water partition coefficient (Wildman–Crippen LogP) is 3.36. The Kier molecular flexibility index (Phi) is 4.01. The molecule has 0 atom stereocenters. The molecule has 4 aromatic rings. The summed E-state index contributed by atoms with van der Waals surface area (Å²) < 4.78 is 1.16. The van der Waals surface area contributed by atoms with Crippen molar-refractivity contribution in [1.29, 1.82) is 0 Å². The maximum atomic E-state index is 13.0. The van der Waals surface area contributed by atoms with E-state index in [1.807, 2.05) is 13.0 Å². The maximum absolute atomic E-state index is 13.0. The Balaban J connectivity index is 1.98. The SMILES string of the molecule is Cc1ccc2c(C(=O)c3cccnc3)c(O)n(C(=O)c3cccnc3)c2c1. The summed E-state index contributed by atoms with van der Waals surface area (Å²) in [4.78, 5) is 33.9. The molecule has 132 valence electrons. The maximum Gasteiger partial charge on any atom is 0.266 e. The van der Waals surface area contributed by atoms with E-state index in [1.165, 1.54) is 12.4 Å². The number of hydrogen-bond acceptors (Lipinski definition) is 5. The minimum atomic E-state index is -0.457. The number of benzene rings is 1. The van der Waals surface area contributed by atoms with Crippen molar-refractivity contribution in [2.75, 3.05) is 0 Å². The van der Waals surface area contributed by atoms with Crippen LogP contribution in [0.25, 0.3) is 10.9 Å². The normalized spacial score (nSPS) is 10.9. The van der Waals surface area contributed by atoms with Crippen molar-refractivity contribution in [3.8, 4) is 5.88 Å². The van der Waals surface area contributed by atoms with Crippen LogP contribution >= 0.6 is 0 Å². The largest absolute Gasteiger partial charge is 0.494 e. The van der Waals surface area contributed by atoms with Gasteiger partial charge in [-0.25, -0.2) is 4.57 Å². The van der Waals surface area contributed by atoms with Crippen LogP contribution in [-0.2, 0) is 0 Å². The Morgan fingerprint density at radius 1 is 0.963 bits per heavy atom. The van der Waals surface area contributed by atoms with E-state index in [4.69, 9.17) is 0 Å². The number of aromatic hydroxyl groups is 1. The van der Waals surface area contributed by atoms with Gasteiger partial charge in [-0.2, -0.15) is 0 Å². The van der Waals surface area contributed by atoms with Gasteiger partial charge in [0.25, 0.3) is 5.91 Å². The van der Waals surface area contributed by atoms with Gasteiger partial charge in [0.2, 0.25) is 11.7 Å². The van der Waals surface area contributed by atoms with E-state index in [1.54, 1.807) is 48.8 Å². The number of aromatic nitrogens is 3. The lowest BCUT2D eigenvalue weighted by Crippen LogP contribution is -2.12. The van der Waals surface area contributed by atoms with Crippen LogP contribution in [0.4, 0.5) is 0 Å². The number of ketones is 1. The number of rotatable bonds is 3. The van der Waals surface area contributed by atoms with E-state index in [-0.39, 0.29) is 5.56 Å². The molecule has 1 N–H and O–H groups in total. The van der Waals surface area contributed by atoms with Crippen LogP contribution in [0.2, 0.25) is 0 Å². The van der Waals surface area contributed by atoms with Gasteiger partial charge in [-0.1, -0.05) is 12.1 Å². The number of carbonyl (C=O) groups excluding carboxylic acids is 2. The molecule has 1 aromatic carbocycles. The fourth-order valence-electron chi connectivity index (χ4n) is 3.07. The lowest BCUT2D eigenvalue weighted by molar-refractivity contribution is 0.0956. The summed E-state index contributed by atoms with van der Waals surface area (Å²) in [6.07, 6.45) is 5.98. The zero-order chi connectivity index (χ0) is 19.0. The molecule has 3 heterocycles. The van der Waals surface area contributed by atoms with Crippen molar-refractivity contribution in [1.82, 2.24) is 14.5 Å². The quantitative estimate of drug-likeness (QED) is 0.568. The molecular formula is C21H15N3O3. The third-order valence-corrected chi connectivity index (χ3v) is 4.36. The van der Waals surface area contributed by atoms with Crippen LogP contribution in [0, 0.1) is 6.92 Å². The van der Waals surface area contributed by atoms with Gasteiger partial charge in [-0.3, -0.25) is 19.6 Å². The van der Waals surface area contributed by atoms with Crippen molar-refractivity contribution in [2.24, 2.45) is 0 Å². The summed E-state index contributed by atoms with van der Waals surface area (Å²) in [5, 5.41) is 11.4. The highest BCUT2D eigenvalue weighted by Gasteiger charge is 2.27. The molecule has 0 aliphatic heterocycles. The Bertz CT molecular complexity index is 1170. The van der Waals surface area contributed by atoms with Crippen LogP contribution in [-0.4, -0.2) is 31.3 Å². The van der Waals surface area contributed by atoms with Crippen LogP contribution < -0.4 is 0 Å². The Hall–Kier alpha value is -3.80. The van der Waals surface area contributed by atoms with Gasteiger partial charge in [-0.05, 0) is 42.8 Å². The van der Waals surface area contributed by atoms with Gasteiger partial charge >= 0.3 is 0 Å². The first kappa shape index (κ1) is 16.7. The molecule has 0 radical (unpaired) electrons. The van der Waals surface area contributed by atoms with Gasteiger partial charge in [0, 0.05) is 35.7 Å². The lowest BCUT2D eigenvalue weighted by atomic mass is 10.0. The van der Waals surface area contributed by atoms with Gasteiger partial charge < -0.3 is 5.11 Å². The van der Waals surface area contributed by atoms with Crippen molar-refractivity contribution in [2.45, 2.75) is 6.92 Å². The van der Waals surface area contributed by atoms with Crippen LogP contribution in [0.5, 0.6) is 5.88 Å². The van der Waals surface area contributed by atoms with Crippen molar-refractivity contribution in [3.63, 3.8) is 0 Å². The number of fused-ring (bicyclic) bond motifs is 1. The second kappa shape index (κ2) is 6.49. The second-order valence-corrected chi connectivity index (χ2v) is 6.17. The molecule has 0 fully saturated rings. The molecule has 6 heteroatoms. The molecule has 0 aliphatic carbocycles. The molecule has 0 saturated carbocycles. The fraction of sp³-hybridized carbons (Fsp3) is 0.0476. The average molecular weight is 357 g/mol. The van der Waals surface area contributed by atoms with Gasteiger partial charge in [-0.15, -0.1) is 0 Å². The van der Waals surface area contributed by atoms with Gasteiger partial charge in [0.15, 0.2) is 0 Å². The predicted molar refractivity (Wildman–Crippen MR) is 100.0 cm³/mol. The molecule has 4 rings (SSSR count). The first-order valence-corrected chi connectivity index (χ1v) is 8.31. The van der Waals surface area contributed by atoms with E-state index in [9.17, 15) is 14.7 Å². The van der Waals surface area contributed by atoms with Crippen LogP contribution in [0.15, 0.2) is 67.3 Å². The van der Waals surface area contributed by atoms with Crippen molar-refractivity contribution < 1.29 is 14.7 Å². The molecule has 0 amide bonds. The summed E-state index contributed by atoms with van der Waals surface area (Å²) >= 11 is 0. The standard InChI is InChI=1S/C21H15N3O3/c1-13-6-7-16-17(10-13)24(20(26)15-5-3-9-23-12-15)21(27)18(16)19(25)14-4-2-8-22-11-14/h2-12,27H,1H3. The highest BCUT2D eigenvalue weighted by Crippen LogP contribution is 2.34.